The number of nitrogens with zero attached hydrogens (tertiary/aromatic N) is 5. The summed E-state index contributed by atoms with van der Waals surface area (Å²) in [5.74, 6) is -2.93. The smallest absolute Gasteiger partial charge is 0.325 e. The van der Waals surface area contributed by atoms with Crippen molar-refractivity contribution in [1.29, 1.82) is 0 Å². The molecule has 1 amide bonds. The molecule has 0 bridgehead atoms. The fourth-order valence-electron chi connectivity index (χ4n) is 4.13. The summed E-state index contributed by atoms with van der Waals surface area (Å²) < 4.78 is 34.9. The van der Waals surface area contributed by atoms with Crippen molar-refractivity contribution in [1.82, 2.24) is 25.1 Å². The Bertz CT molecular complexity index is 1510. The van der Waals surface area contributed by atoms with E-state index in [1.165, 1.54) is 33.8 Å². The maximum atomic E-state index is 14.5. The van der Waals surface area contributed by atoms with Gasteiger partial charge in [0.25, 0.3) is 5.91 Å². The van der Waals surface area contributed by atoms with Gasteiger partial charge in [-0.1, -0.05) is 40.0 Å². The molecule has 3 aromatic rings. The number of rotatable bonds is 9. The molecule has 1 aliphatic carbocycles. The minimum absolute atomic E-state index is 0.0137. The Labute approximate surface area is 264 Å². The number of aliphatic hydroxyl groups excluding tert-OH is 1. The van der Waals surface area contributed by atoms with Gasteiger partial charge < -0.3 is 26.6 Å². The molecular weight excluding hydrogens is 606 g/mol. The number of allylic oxidation sites excluding steroid dienone is 1. The first-order valence-corrected chi connectivity index (χ1v) is 15.4. The standard InChI is InChI=1S/C28H34F2N8O3S.C2H6O/c1-28(2,3)24(32)27(40)41-15-38-13-16(11-34-38)26-36-20(14-42-26)25(39)35-19(12-33-17-7-5-4-6-8-17)22(31)23-18(29)9-10-21(30)37-23;1-2-3/h9-14,17,24H,4-8,15,31-32H2,1-3H3,(H,35,39);3H,2H2,1H3/b22-19+,33-12?;. The zero-order valence-electron chi connectivity index (χ0n) is 25.8. The van der Waals surface area contributed by atoms with Crippen LogP contribution in [0.3, 0.4) is 0 Å². The summed E-state index contributed by atoms with van der Waals surface area (Å²) >= 11 is 1.19. The predicted molar refractivity (Wildman–Crippen MR) is 168 cm³/mol. The Morgan fingerprint density at radius 1 is 1.24 bits per heavy atom. The Balaban J connectivity index is 0.00000177. The molecule has 1 atom stereocenters. The number of thiazole rings is 1. The van der Waals surface area contributed by atoms with E-state index in [1.807, 2.05) is 20.8 Å². The Morgan fingerprint density at radius 3 is 2.60 bits per heavy atom. The van der Waals surface area contributed by atoms with E-state index in [0.717, 1.165) is 44.2 Å². The molecule has 0 aliphatic heterocycles. The summed E-state index contributed by atoms with van der Waals surface area (Å²) in [6.07, 6.45) is 9.49. The summed E-state index contributed by atoms with van der Waals surface area (Å²) in [6, 6.07) is 1.04. The normalized spacial score (nSPS) is 15.2. The number of aliphatic imine (C=N–C) groups is 1. The van der Waals surface area contributed by atoms with Crippen LogP contribution in [0.1, 0.15) is 76.0 Å². The van der Waals surface area contributed by atoms with E-state index >= 15 is 0 Å². The van der Waals surface area contributed by atoms with Gasteiger partial charge in [-0.15, -0.1) is 11.3 Å². The molecule has 1 fully saturated rings. The second-order valence-electron chi connectivity index (χ2n) is 11.4. The van der Waals surface area contributed by atoms with E-state index in [4.69, 9.17) is 21.3 Å². The van der Waals surface area contributed by atoms with Crippen LogP contribution in [0.15, 0.2) is 40.6 Å². The van der Waals surface area contributed by atoms with Crippen molar-refractivity contribution >= 4 is 35.1 Å². The van der Waals surface area contributed by atoms with Gasteiger partial charge in [-0.3, -0.25) is 14.6 Å². The van der Waals surface area contributed by atoms with Crippen molar-refractivity contribution in [2.75, 3.05) is 6.61 Å². The van der Waals surface area contributed by atoms with E-state index in [2.05, 4.69) is 25.4 Å². The zero-order valence-corrected chi connectivity index (χ0v) is 26.6. The highest BCUT2D eigenvalue weighted by molar-refractivity contribution is 7.13. The number of ether oxygens (including phenoxy) is 1. The summed E-state index contributed by atoms with van der Waals surface area (Å²) in [7, 11) is 0. The van der Waals surface area contributed by atoms with Gasteiger partial charge in [0.05, 0.1) is 23.6 Å². The molecule has 1 saturated carbocycles. The quantitative estimate of drug-likeness (QED) is 0.152. The van der Waals surface area contributed by atoms with Crippen LogP contribution < -0.4 is 16.8 Å². The number of esters is 1. The molecule has 0 aromatic carbocycles. The largest absolute Gasteiger partial charge is 0.441 e. The molecule has 15 heteroatoms. The van der Waals surface area contributed by atoms with Crippen LogP contribution in [0.2, 0.25) is 0 Å². The first-order chi connectivity index (χ1) is 21.3. The van der Waals surface area contributed by atoms with Crippen molar-refractivity contribution in [3.8, 4) is 10.6 Å². The second-order valence-corrected chi connectivity index (χ2v) is 12.2. The van der Waals surface area contributed by atoms with Crippen molar-refractivity contribution in [2.45, 2.75) is 78.6 Å². The number of pyridine rings is 1. The highest BCUT2D eigenvalue weighted by Gasteiger charge is 2.29. The highest BCUT2D eigenvalue weighted by atomic mass is 32.1. The fourth-order valence-corrected chi connectivity index (χ4v) is 4.90. The third-order valence-corrected chi connectivity index (χ3v) is 7.63. The maximum absolute atomic E-state index is 14.5. The Morgan fingerprint density at radius 2 is 1.93 bits per heavy atom. The van der Waals surface area contributed by atoms with Gasteiger partial charge >= 0.3 is 5.97 Å². The number of aromatic nitrogens is 4. The lowest BCUT2D eigenvalue weighted by Gasteiger charge is -2.24. The molecule has 0 saturated heterocycles. The molecule has 1 aliphatic rings. The van der Waals surface area contributed by atoms with Gasteiger partial charge in [-0.05, 0) is 37.3 Å². The van der Waals surface area contributed by atoms with Crippen LogP contribution in [0.25, 0.3) is 16.3 Å². The van der Waals surface area contributed by atoms with Gasteiger partial charge in [-0.2, -0.15) is 9.49 Å². The van der Waals surface area contributed by atoms with Crippen molar-refractivity contribution in [3.63, 3.8) is 0 Å². The maximum Gasteiger partial charge on any atom is 0.325 e. The topological polar surface area (TPSA) is 184 Å². The average molecular weight is 647 g/mol. The van der Waals surface area contributed by atoms with E-state index in [1.54, 1.807) is 13.1 Å². The molecule has 3 heterocycles. The molecule has 0 radical (unpaired) electrons. The molecule has 1 unspecified atom stereocenters. The van der Waals surface area contributed by atoms with E-state index < -0.39 is 40.8 Å². The average Bonchev–Trinajstić information content (AvgIpc) is 3.69. The van der Waals surface area contributed by atoms with Gasteiger partial charge in [0.1, 0.15) is 22.4 Å². The first kappa shape index (κ1) is 35.4. The number of halogens is 2. The van der Waals surface area contributed by atoms with Gasteiger partial charge in [0.15, 0.2) is 12.5 Å². The SMILES string of the molecule is CC(C)(C)C(N)C(=O)OCn1cc(-c2nc(C(=O)N/C(C=NC3CCCCC3)=C(/N)c3nc(F)ccc3F)cs2)cn1.CCO. The fraction of sp³-hybridized carbons (Fsp3) is 0.467. The first-order valence-electron chi connectivity index (χ1n) is 14.5. The molecular formula is C30H40F2N8O4S. The van der Waals surface area contributed by atoms with Gasteiger partial charge in [-0.25, -0.2) is 19.0 Å². The number of carbonyl (C=O) groups excluding carboxylic acids is 2. The number of hydrogen-bond donors (Lipinski definition) is 4. The monoisotopic (exact) mass is 646 g/mol. The van der Waals surface area contributed by atoms with Gasteiger partial charge in [0, 0.05) is 30.0 Å². The van der Waals surface area contributed by atoms with Crippen LogP contribution >= 0.6 is 11.3 Å². The number of aliphatic hydroxyl groups is 1. The molecule has 4 rings (SSSR count). The summed E-state index contributed by atoms with van der Waals surface area (Å²) in [5, 5.41) is 16.4. The van der Waals surface area contributed by atoms with Crippen LogP contribution in [0.4, 0.5) is 8.78 Å². The molecule has 45 heavy (non-hydrogen) atoms. The lowest BCUT2D eigenvalue weighted by Crippen LogP contribution is -2.43. The number of nitrogens with one attached hydrogen (secondary N) is 1. The third-order valence-electron chi connectivity index (χ3n) is 6.74. The van der Waals surface area contributed by atoms with Crippen molar-refractivity contribution in [3.05, 3.63) is 58.8 Å². The van der Waals surface area contributed by atoms with Crippen LogP contribution in [-0.2, 0) is 16.3 Å². The summed E-state index contributed by atoms with van der Waals surface area (Å²) in [5.41, 5.74) is 11.6. The van der Waals surface area contributed by atoms with E-state index in [0.29, 0.717) is 10.6 Å². The molecule has 12 nitrogen and oxygen atoms in total. The third kappa shape index (κ3) is 10.2. The van der Waals surface area contributed by atoms with Gasteiger partial charge in [0.2, 0.25) is 5.95 Å². The number of hydrogen-bond acceptors (Lipinski definition) is 11. The molecule has 244 valence electrons. The minimum Gasteiger partial charge on any atom is -0.441 e. The molecule has 3 aromatic heterocycles. The number of carbonyl (C=O) groups is 2. The van der Waals surface area contributed by atoms with Crippen LogP contribution in [0, 0.1) is 17.2 Å². The van der Waals surface area contributed by atoms with Crippen LogP contribution in [-0.4, -0.2) is 61.6 Å². The minimum atomic E-state index is -0.916. The van der Waals surface area contributed by atoms with Crippen LogP contribution in [0.5, 0.6) is 0 Å². The highest BCUT2D eigenvalue weighted by Crippen LogP contribution is 2.25. The molecule has 0 spiro atoms. The lowest BCUT2D eigenvalue weighted by molar-refractivity contribution is -0.152. The Kier molecular flexibility index (Phi) is 12.8. The lowest BCUT2D eigenvalue weighted by atomic mass is 9.87. The summed E-state index contributed by atoms with van der Waals surface area (Å²) in [4.78, 5) is 37.9. The van der Waals surface area contributed by atoms with E-state index in [-0.39, 0.29) is 36.5 Å². The number of nitrogens with two attached hydrogens (primary N) is 2. The number of amides is 1. The zero-order chi connectivity index (χ0) is 33.1. The Hall–Kier alpha value is -4.08. The second kappa shape index (κ2) is 16.3. The van der Waals surface area contributed by atoms with E-state index in [9.17, 15) is 18.4 Å². The molecule has 6 N–H and O–H groups in total. The predicted octanol–water partition coefficient (Wildman–Crippen LogP) is 4.01. The summed E-state index contributed by atoms with van der Waals surface area (Å²) in [6.45, 7) is 7.32. The van der Waals surface area contributed by atoms with Crippen molar-refractivity contribution < 1.29 is 28.2 Å². The van der Waals surface area contributed by atoms with Crippen molar-refractivity contribution in [2.24, 2.45) is 21.9 Å².